The Labute approximate surface area is 62.8 Å². The molecule has 58 valence electrons. The number of rotatable bonds is 0. The van der Waals surface area contributed by atoms with Crippen LogP contribution in [-0.2, 0) is 4.74 Å². The molecule has 0 aromatic heterocycles. The summed E-state index contributed by atoms with van der Waals surface area (Å²) in [6.45, 7) is 2.08. The third kappa shape index (κ3) is 1.07. The first kappa shape index (κ1) is 6.66. The van der Waals surface area contributed by atoms with Gasteiger partial charge in [-0.1, -0.05) is 12.8 Å². The quantitative estimate of drug-likeness (QED) is 0.502. The fourth-order valence-electron chi connectivity index (χ4n) is 2.14. The van der Waals surface area contributed by atoms with Crippen LogP contribution in [0.3, 0.4) is 0 Å². The standard InChI is InChI=1S/C9H16O/c1-2-7-10-8-9(4-1)5-3-6-9/h1-8H2. The van der Waals surface area contributed by atoms with E-state index >= 15 is 0 Å². The molecule has 0 unspecified atom stereocenters. The average molecular weight is 140 g/mol. The highest BCUT2D eigenvalue weighted by Gasteiger charge is 2.37. The Hall–Kier alpha value is -0.0400. The molecule has 10 heavy (non-hydrogen) atoms. The molecule has 2 rings (SSSR count). The minimum Gasteiger partial charge on any atom is -0.381 e. The van der Waals surface area contributed by atoms with Crippen LogP contribution in [0, 0.1) is 5.41 Å². The van der Waals surface area contributed by atoms with Crippen LogP contribution in [0.2, 0.25) is 0 Å². The van der Waals surface area contributed by atoms with Gasteiger partial charge in [-0.25, -0.2) is 0 Å². The lowest BCUT2D eigenvalue weighted by atomic mass is 9.67. The molecule has 1 nitrogen and oxygen atoms in total. The Kier molecular flexibility index (Phi) is 1.69. The van der Waals surface area contributed by atoms with Gasteiger partial charge in [-0.05, 0) is 31.1 Å². The molecule has 0 amide bonds. The van der Waals surface area contributed by atoms with Crippen molar-refractivity contribution >= 4 is 0 Å². The maximum absolute atomic E-state index is 5.55. The second-order valence-electron chi connectivity index (χ2n) is 3.86. The molecule has 1 saturated heterocycles. The fraction of sp³-hybridized carbons (Fsp3) is 1.00. The monoisotopic (exact) mass is 140 g/mol. The molecule has 0 radical (unpaired) electrons. The van der Waals surface area contributed by atoms with Gasteiger partial charge < -0.3 is 4.74 Å². The summed E-state index contributed by atoms with van der Waals surface area (Å²) in [5.74, 6) is 0. The van der Waals surface area contributed by atoms with Crippen LogP contribution in [0.15, 0.2) is 0 Å². The van der Waals surface area contributed by atoms with E-state index in [0.717, 1.165) is 13.2 Å². The third-order valence-corrected chi connectivity index (χ3v) is 3.07. The van der Waals surface area contributed by atoms with Crippen LogP contribution in [0.5, 0.6) is 0 Å². The summed E-state index contributed by atoms with van der Waals surface area (Å²) in [6, 6.07) is 0. The largest absolute Gasteiger partial charge is 0.381 e. The third-order valence-electron chi connectivity index (χ3n) is 3.07. The lowest BCUT2D eigenvalue weighted by Gasteiger charge is -2.40. The highest BCUT2D eigenvalue weighted by molar-refractivity contribution is 4.88. The highest BCUT2D eigenvalue weighted by atomic mass is 16.5. The van der Waals surface area contributed by atoms with Gasteiger partial charge in [-0.15, -0.1) is 0 Å². The molecule has 0 aromatic carbocycles. The van der Waals surface area contributed by atoms with Crippen molar-refractivity contribution in [3.8, 4) is 0 Å². The van der Waals surface area contributed by atoms with E-state index in [0.29, 0.717) is 5.41 Å². The number of hydrogen-bond donors (Lipinski definition) is 0. The van der Waals surface area contributed by atoms with Crippen LogP contribution in [-0.4, -0.2) is 13.2 Å². The molecule has 2 aliphatic rings. The van der Waals surface area contributed by atoms with E-state index < -0.39 is 0 Å². The fourth-order valence-corrected chi connectivity index (χ4v) is 2.14. The van der Waals surface area contributed by atoms with Gasteiger partial charge in [0.2, 0.25) is 0 Å². The molecular formula is C9H16O. The first-order chi connectivity index (χ1) is 4.91. The number of hydrogen-bond acceptors (Lipinski definition) is 1. The summed E-state index contributed by atoms with van der Waals surface area (Å²) in [4.78, 5) is 0. The van der Waals surface area contributed by atoms with Crippen molar-refractivity contribution < 1.29 is 4.74 Å². The molecule has 1 heteroatoms. The second-order valence-corrected chi connectivity index (χ2v) is 3.86. The van der Waals surface area contributed by atoms with Gasteiger partial charge in [-0.3, -0.25) is 0 Å². The predicted molar refractivity (Wildman–Crippen MR) is 41.0 cm³/mol. The normalized spacial score (nSPS) is 31.2. The molecule has 1 spiro atoms. The van der Waals surface area contributed by atoms with Gasteiger partial charge in [0.15, 0.2) is 0 Å². The van der Waals surface area contributed by atoms with E-state index in [2.05, 4.69) is 0 Å². The zero-order valence-electron chi connectivity index (χ0n) is 6.57. The Morgan fingerprint density at radius 3 is 2.40 bits per heavy atom. The first-order valence-corrected chi connectivity index (χ1v) is 4.49. The zero-order valence-corrected chi connectivity index (χ0v) is 6.57. The molecular weight excluding hydrogens is 124 g/mol. The summed E-state index contributed by atoms with van der Waals surface area (Å²) in [5, 5.41) is 0. The Balaban J connectivity index is 1.92. The van der Waals surface area contributed by atoms with Gasteiger partial charge in [0, 0.05) is 6.61 Å². The van der Waals surface area contributed by atoms with Crippen molar-refractivity contribution in [2.24, 2.45) is 5.41 Å². The van der Waals surface area contributed by atoms with Gasteiger partial charge in [0.25, 0.3) is 0 Å². The van der Waals surface area contributed by atoms with Crippen molar-refractivity contribution in [1.82, 2.24) is 0 Å². The average Bonchev–Trinajstić information content (AvgIpc) is 2.08. The minimum absolute atomic E-state index is 0.663. The van der Waals surface area contributed by atoms with Crippen LogP contribution in [0.4, 0.5) is 0 Å². The predicted octanol–water partition coefficient (Wildman–Crippen LogP) is 2.36. The first-order valence-electron chi connectivity index (χ1n) is 4.49. The number of ether oxygens (including phenoxy) is 1. The molecule has 1 saturated carbocycles. The Bertz CT molecular complexity index is 106. The van der Waals surface area contributed by atoms with Crippen molar-refractivity contribution in [2.75, 3.05) is 13.2 Å². The van der Waals surface area contributed by atoms with Crippen molar-refractivity contribution in [1.29, 1.82) is 0 Å². The summed E-state index contributed by atoms with van der Waals surface area (Å²) in [5.41, 5.74) is 0.663. The van der Waals surface area contributed by atoms with Gasteiger partial charge in [0.05, 0.1) is 6.61 Å². The molecule has 0 aromatic rings. The van der Waals surface area contributed by atoms with Crippen molar-refractivity contribution in [3.63, 3.8) is 0 Å². The van der Waals surface area contributed by atoms with E-state index in [1.807, 2.05) is 0 Å². The van der Waals surface area contributed by atoms with E-state index in [4.69, 9.17) is 4.74 Å². The molecule has 0 atom stereocenters. The maximum Gasteiger partial charge on any atom is 0.0522 e. The van der Waals surface area contributed by atoms with E-state index in [-0.39, 0.29) is 0 Å². The highest BCUT2D eigenvalue weighted by Crippen LogP contribution is 2.46. The molecule has 0 N–H and O–H groups in total. The van der Waals surface area contributed by atoms with E-state index in [9.17, 15) is 0 Å². The van der Waals surface area contributed by atoms with E-state index in [1.54, 1.807) is 0 Å². The van der Waals surface area contributed by atoms with Crippen LogP contribution in [0.25, 0.3) is 0 Å². The summed E-state index contributed by atoms with van der Waals surface area (Å²) >= 11 is 0. The summed E-state index contributed by atoms with van der Waals surface area (Å²) in [6.07, 6.45) is 8.46. The Morgan fingerprint density at radius 2 is 1.70 bits per heavy atom. The van der Waals surface area contributed by atoms with Crippen molar-refractivity contribution in [3.05, 3.63) is 0 Å². The lowest BCUT2D eigenvalue weighted by molar-refractivity contribution is 0.00751. The molecule has 1 aliphatic heterocycles. The topological polar surface area (TPSA) is 9.23 Å². The van der Waals surface area contributed by atoms with Crippen molar-refractivity contribution in [2.45, 2.75) is 38.5 Å². The van der Waals surface area contributed by atoms with Gasteiger partial charge in [0.1, 0.15) is 0 Å². The molecule has 0 bridgehead atoms. The van der Waals surface area contributed by atoms with Crippen LogP contribution in [0.1, 0.15) is 38.5 Å². The van der Waals surface area contributed by atoms with Crippen LogP contribution < -0.4 is 0 Å². The van der Waals surface area contributed by atoms with Gasteiger partial charge >= 0.3 is 0 Å². The summed E-state index contributed by atoms with van der Waals surface area (Å²) < 4.78 is 5.55. The van der Waals surface area contributed by atoms with E-state index in [1.165, 1.54) is 38.5 Å². The summed E-state index contributed by atoms with van der Waals surface area (Å²) in [7, 11) is 0. The molecule has 2 fully saturated rings. The van der Waals surface area contributed by atoms with Gasteiger partial charge in [-0.2, -0.15) is 0 Å². The lowest BCUT2D eigenvalue weighted by Crippen LogP contribution is -2.33. The Morgan fingerprint density at radius 1 is 0.900 bits per heavy atom. The maximum atomic E-state index is 5.55. The zero-order chi connectivity index (χ0) is 6.86. The smallest absolute Gasteiger partial charge is 0.0522 e. The second kappa shape index (κ2) is 2.54. The SMILES string of the molecule is C1CCC2(CCC2)COC1. The molecule has 1 aliphatic carbocycles. The molecule has 1 heterocycles. The van der Waals surface area contributed by atoms with Crippen LogP contribution >= 0.6 is 0 Å². The minimum atomic E-state index is 0.663.